The van der Waals surface area contributed by atoms with Crippen LogP contribution in [-0.2, 0) is 28.4 Å². The summed E-state index contributed by atoms with van der Waals surface area (Å²) in [4.78, 5) is 26.1. The molecule has 5 nitrogen and oxygen atoms in total. The monoisotopic (exact) mass is 605 g/mol. The van der Waals surface area contributed by atoms with E-state index in [2.05, 4.69) is 0 Å². The molecule has 228 valence electrons. The largest absolute Gasteiger partial charge is 0.521 e. The van der Waals surface area contributed by atoms with Crippen LogP contribution >= 0.6 is 0 Å². The second-order valence-electron chi connectivity index (χ2n) is 10.5. The van der Waals surface area contributed by atoms with Gasteiger partial charge in [-0.15, -0.1) is 0 Å². The first kappa shape index (κ1) is 32.6. The predicted octanol–water partition coefficient (Wildman–Crippen LogP) is 7.01. The maximum Gasteiger partial charge on any atom is 0.521 e. The molecule has 0 radical (unpaired) electrons. The zero-order chi connectivity index (χ0) is 31.3. The van der Waals surface area contributed by atoms with Crippen molar-refractivity contribution in [2.24, 2.45) is 11.7 Å². The minimum absolute atomic E-state index is 0.113. The number of allylic oxidation sites excluding steroid dienone is 1. The van der Waals surface area contributed by atoms with Crippen molar-refractivity contribution in [1.29, 1.82) is 0 Å². The highest BCUT2D eigenvalue weighted by Gasteiger charge is 2.61. The molecule has 0 spiro atoms. The summed E-state index contributed by atoms with van der Waals surface area (Å²) in [6.07, 6.45) is -20.6. The molecule has 1 aliphatic heterocycles. The Balaban J connectivity index is 2.36. The number of halogens is 10. The molecule has 1 saturated heterocycles. The summed E-state index contributed by atoms with van der Waals surface area (Å²) < 4.78 is 142. The van der Waals surface area contributed by atoms with Gasteiger partial charge in [0.2, 0.25) is 0 Å². The standard InChI is InChI=1S/C26H27F10N2O3/c1-13(2)41-22(40)38(12-15-7-16(24(28,29)30)9-17(8-15)25(31,32)33)6-4-5-18(14(3)39)19-11-23(37,26(34,35)36)21(27)10-20(19)38/h7-11,13,18,21H,4-6,12,37H2,1-3H3/q+1. The van der Waals surface area contributed by atoms with E-state index in [-0.39, 0.29) is 25.0 Å². The number of benzene rings is 1. The van der Waals surface area contributed by atoms with Crippen LogP contribution in [0, 0.1) is 5.92 Å². The van der Waals surface area contributed by atoms with Crippen molar-refractivity contribution in [1.82, 2.24) is 0 Å². The van der Waals surface area contributed by atoms with Gasteiger partial charge < -0.3 is 10.5 Å². The van der Waals surface area contributed by atoms with E-state index in [1.54, 1.807) is 0 Å². The van der Waals surface area contributed by atoms with E-state index in [4.69, 9.17) is 10.5 Å². The number of nitrogens with two attached hydrogens (primary N) is 1. The highest BCUT2D eigenvalue weighted by Crippen LogP contribution is 2.48. The highest BCUT2D eigenvalue weighted by molar-refractivity contribution is 5.83. The number of ketones is 1. The number of carbonyl (C=O) groups excluding carboxylic acids is 2. The van der Waals surface area contributed by atoms with E-state index in [0.29, 0.717) is 18.2 Å². The van der Waals surface area contributed by atoms with E-state index in [1.165, 1.54) is 13.8 Å². The molecule has 4 atom stereocenters. The van der Waals surface area contributed by atoms with Crippen molar-refractivity contribution in [3.05, 3.63) is 58.3 Å². The van der Waals surface area contributed by atoms with Crippen molar-refractivity contribution in [2.45, 2.75) is 76.5 Å². The van der Waals surface area contributed by atoms with Crippen molar-refractivity contribution in [3.63, 3.8) is 0 Å². The lowest BCUT2D eigenvalue weighted by Crippen LogP contribution is -2.61. The Labute approximate surface area is 228 Å². The van der Waals surface area contributed by atoms with E-state index < -0.39 is 99.7 Å². The summed E-state index contributed by atoms with van der Waals surface area (Å²) in [7, 11) is 0. The fourth-order valence-electron chi connectivity index (χ4n) is 5.10. The van der Waals surface area contributed by atoms with Crippen LogP contribution in [0.15, 0.2) is 41.6 Å². The van der Waals surface area contributed by atoms with Gasteiger partial charge in [-0.1, -0.05) is 0 Å². The average Bonchev–Trinajstić information content (AvgIpc) is 2.94. The Morgan fingerprint density at radius 2 is 1.56 bits per heavy atom. The van der Waals surface area contributed by atoms with Crippen LogP contribution in [0.25, 0.3) is 0 Å². The van der Waals surface area contributed by atoms with Gasteiger partial charge in [0.05, 0.1) is 17.7 Å². The van der Waals surface area contributed by atoms with Gasteiger partial charge in [-0.3, -0.25) is 4.79 Å². The third-order valence-corrected chi connectivity index (χ3v) is 7.09. The van der Waals surface area contributed by atoms with Crippen LogP contribution in [0.1, 0.15) is 50.3 Å². The zero-order valence-corrected chi connectivity index (χ0v) is 22.0. The Bertz CT molecular complexity index is 1230. The number of amides is 1. The molecule has 1 aromatic rings. The van der Waals surface area contributed by atoms with Crippen LogP contribution < -0.4 is 5.73 Å². The van der Waals surface area contributed by atoms with Crippen LogP contribution in [0.3, 0.4) is 0 Å². The molecule has 4 unspecified atom stereocenters. The molecule has 1 aliphatic carbocycles. The maximum atomic E-state index is 15.3. The van der Waals surface area contributed by atoms with Crippen molar-refractivity contribution < 1.29 is 62.7 Å². The number of hydrogen-bond acceptors (Lipinski definition) is 4. The fourth-order valence-corrected chi connectivity index (χ4v) is 5.10. The smallest absolute Gasteiger partial charge is 0.417 e. The SMILES string of the molecule is CC(=O)C1CCC[N+](Cc2cc(C(F)(F)F)cc(C(F)(F)F)c2)(C(=O)OC(C)C)C2=CC(F)C(N)(C(F)(F)F)C=C21. The molecule has 3 rings (SSSR count). The molecule has 0 aromatic heterocycles. The van der Waals surface area contributed by atoms with Gasteiger partial charge in [0, 0.05) is 23.1 Å². The van der Waals surface area contributed by atoms with Crippen LogP contribution in [0.2, 0.25) is 0 Å². The molecule has 1 heterocycles. The van der Waals surface area contributed by atoms with Gasteiger partial charge in [0.1, 0.15) is 24.1 Å². The van der Waals surface area contributed by atoms with Crippen molar-refractivity contribution in [2.75, 3.05) is 6.54 Å². The maximum absolute atomic E-state index is 15.3. The molecular weight excluding hydrogens is 578 g/mol. The summed E-state index contributed by atoms with van der Waals surface area (Å²) in [5.41, 5.74) is -3.29. The van der Waals surface area contributed by atoms with E-state index in [1.807, 2.05) is 0 Å². The lowest BCUT2D eigenvalue weighted by molar-refractivity contribution is -0.831. The summed E-state index contributed by atoms with van der Waals surface area (Å²) in [5, 5.41) is 0. The number of hydrogen-bond donors (Lipinski definition) is 1. The van der Waals surface area contributed by atoms with Gasteiger partial charge >= 0.3 is 24.6 Å². The molecule has 41 heavy (non-hydrogen) atoms. The van der Waals surface area contributed by atoms with Gasteiger partial charge in [0.15, 0.2) is 11.7 Å². The van der Waals surface area contributed by atoms with E-state index in [0.717, 1.165) is 6.92 Å². The van der Waals surface area contributed by atoms with E-state index >= 15 is 4.39 Å². The quantitative estimate of drug-likeness (QED) is 0.296. The second kappa shape index (κ2) is 10.7. The van der Waals surface area contributed by atoms with Crippen LogP contribution in [0.4, 0.5) is 48.7 Å². The summed E-state index contributed by atoms with van der Waals surface area (Å²) in [6.45, 7) is 2.39. The molecule has 2 N–H and O–H groups in total. The minimum Gasteiger partial charge on any atom is -0.417 e. The number of rotatable bonds is 4. The number of fused-ring (bicyclic) bond motifs is 1. The second-order valence-corrected chi connectivity index (χ2v) is 10.5. The van der Waals surface area contributed by atoms with Crippen molar-refractivity contribution >= 4 is 11.9 Å². The van der Waals surface area contributed by atoms with Gasteiger partial charge in [-0.2, -0.15) is 48.8 Å². The molecule has 0 bridgehead atoms. The molecule has 1 amide bonds. The highest BCUT2D eigenvalue weighted by atomic mass is 19.4. The molecule has 1 fully saturated rings. The van der Waals surface area contributed by atoms with Crippen LogP contribution in [0.5, 0.6) is 0 Å². The normalized spacial score (nSPS) is 27.5. The molecule has 1 aromatic carbocycles. The summed E-state index contributed by atoms with van der Waals surface area (Å²) >= 11 is 0. The Hall–Kier alpha value is -2.94. The topological polar surface area (TPSA) is 69.4 Å². The Morgan fingerprint density at radius 1 is 1.02 bits per heavy atom. The zero-order valence-electron chi connectivity index (χ0n) is 22.0. The lowest BCUT2D eigenvalue weighted by atomic mass is 9.78. The van der Waals surface area contributed by atoms with Crippen LogP contribution in [-0.4, -0.2) is 46.9 Å². The first-order valence-electron chi connectivity index (χ1n) is 12.3. The number of likely N-dealkylation sites (tertiary alicyclic amines) is 1. The molecule has 0 saturated carbocycles. The number of Topliss-reactive ketones (excluding diaryl/α,β-unsaturated/α-hetero) is 1. The first-order chi connectivity index (χ1) is 18.5. The Morgan fingerprint density at radius 3 is 2.00 bits per heavy atom. The third kappa shape index (κ3) is 6.30. The number of ether oxygens (including phenoxy) is 1. The van der Waals surface area contributed by atoms with E-state index in [9.17, 15) is 49.1 Å². The summed E-state index contributed by atoms with van der Waals surface area (Å²) in [6, 6.07) is 0.616. The van der Waals surface area contributed by atoms with Gasteiger partial charge in [-0.25, -0.2) is 4.39 Å². The molecule has 15 heteroatoms. The van der Waals surface area contributed by atoms with Gasteiger partial charge in [0.25, 0.3) is 0 Å². The molecule has 2 aliphatic rings. The predicted molar refractivity (Wildman–Crippen MR) is 124 cm³/mol. The van der Waals surface area contributed by atoms with Crippen molar-refractivity contribution in [3.8, 4) is 0 Å². The Kier molecular flexibility index (Phi) is 8.51. The summed E-state index contributed by atoms with van der Waals surface area (Å²) in [5.74, 6) is -1.99. The fraction of sp³-hybridized carbons (Fsp3) is 0.538. The lowest BCUT2D eigenvalue weighted by Gasteiger charge is -2.41. The first-order valence-corrected chi connectivity index (χ1v) is 12.3. The number of carbonyl (C=O) groups is 2. The number of nitrogens with zero attached hydrogens (tertiary/aromatic N) is 1. The molecular formula is C26H27F10N2O3+. The number of alkyl halides is 10. The van der Waals surface area contributed by atoms with Gasteiger partial charge in [-0.05, 0) is 57.9 Å². The average molecular weight is 605 g/mol. The number of quaternary nitrogens is 1. The third-order valence-electron chi connectivity index (χ3n) is 7.09. The minimum atomic E-state index is -5.37.